The zero-order valence-corrected chi connectivity index (χ0v) is 15.2. The van der Waals surface area contributed by atoms with Gasteiger partial charge in [0.2, 0.25) is 0 Å². The van der Waals surface area contributed by atoms with Gasteiger partial charge < -0.3 is 9.64 Å². The first kappa shape index (κ1) is 16.6. The smallest absolute Gasteiger partial charge is 0.274 e. The van der Waals surface area contributed by atoms with Gasteiger partial charge in [0, 0.05) is 24.8 Å². The number of hydrogen-bond donors (Lipinski definition) is 0. The molecular formula is C21H23N3O2. The minimum absolute atomic E-state index is 0.0195. The highest BCUT2D eigenvalue weighted by atomic mass is 16.5. The van der Waals surface area contributed by atoms with Gasteiger partial charge >= 0.3 is 0 Å². The van der Waals surface area contributed by atoms with Gasteiger partial charge in [-0.3, -0.25) is 9.20 Å². The predicted molar refractivity (Wildman–Crippen MR) is 101 cm³/mol. The van der Waals surface area contributed by atoms with Crippen molar-refractivity contribution in [3.05, 3.63) is 54.4 Å². The van der Waals surface area contributed by atoms with Crippen molar-refractivity contribution < 1.29 is 9.53 Å². The van der Waals surface area contributed by atoms with Crippen LogP contribution in [-0.4, -0.2) is 40.4 Å². The molecule has 1 aromatic carbocycles. The molecule has 1 aliphatic rings. The number of ether oxygens (including phenoxy) is 1. The van der Waals surface area contributed by atoms with Gasteiger partial charge in [-0.1, -0.05) is 13.0 Å². The van der Waals surface area contributed by atoms with Crippen molar-refractivity contribution in [3.8, 4) is 17.0 Å². The molecule has 1 atom stereocenters. The first-order valence-electron chi connectivity index (χ1n) is 9.08. The van der Waals surface area contributed by atoms with E-state index < -0.39 is 0 Å². The number of likely N-dealkylation sites (tertiary alicyclic amines) is 1. The van der Waals surface area contributed by atoms with Crippen LogP contribution in [0.5, 0.6) is 5.75 Å². The second-order valence-corrected chi connectivity index (χ2v) is 6.96. The number of rotatable bonds is 3. The lowest BCUT2D eigenvalue weighted by Gasteiger charge is -2.30. The number of amides is 1. The fourth-order valence-corrected chi connectivity index (χ4v) is 3.69. The molecule has 0 saturated carbocycles. The summed E-state index contributed by atoms with van der Waals surface area (Å²) in [5, 5.41) is 0. The van der Waals surface area contributed by atoms with Crippen molar-refractivity contribution in [3.63, 3.8) is 0 Å². The molecule has 2 aromatic heterocycles. The predicted octanol–water partition coefficient (Wildman–Crippen LogP) is 3.88. The average molecular weight is 349 g/mol. The summed E-state index contributed by atoms with van der Waals surface area (Å²) in [6.07, 6.45) is 4.19. The van der Waals surface area contributed by atoms with Crippen molar-refractivity contribution in [1.82, 2.24) is 14.3 Å². The highest BCUT2D eigenvalue weighted by Crippen LogP contribution is 2.29. The van der Waals surface area contributed by atoms with Gasteiger partial charge in [-0.25, -0.2) is 4.98 Å². The highest BCUT2D eigenvalue weighted by molar-refractivity contribution is 5.99. The summed E-state index contributed by atoms with van der Waals surface area (Å²) >= 11 is 0. The molecular weight excluding hydrogens is 326 g/mol. The molecule has 5 nitrogen and oxygen atoms in total. The second kappa shape index (κ2) is 6.83. The van der Waals surface area contributed by atoms with E-state index in [9.17, 15) is 4.79 Å². The first-order chi connectivity index (χ1) is 12.7. The van der Waals surface area contributed by atoms with E-state index in [0.29, 0.717) is 11.6 Å². The van der Waals surface area contributed by atoms with E-state index in [2.05, 4.69) is 11.9 Å². The van der Waals surface area contributed by atoms with Crippen molar-refractivity contribution >= 4 is 11.6 Å². The zero-order valence-electron chi connectivity index (χ0n) is 15.2. The number of benzene rings is 1. The van der Waals surface area contributed by atoms with Crippen molar-refractivity contribution in [2.45, 2.75) is 19.8 Å². The fourth-order valence-electron chi connectivity index (χ4n) is 3.69. The number of carbonyl (C=O) groups is 1. The third kappa shape index (κ3) is 2.94. The van der Waals surface area contributed by atoms with E-state index in [0.717, 1.165) is 42.2 Å². The number of piperidine rings is 1. The Hall–Kier alpha value is -2.82. The normalized spacial score (nSPS) is 17.5. The number of hydrogen-bond acceptors (Lipinski definition) is 3. The van der Waals surface area contributed by atoms with Crippen LogP contribution in [-0.2, 0) is 0 Å². The Morgan fingerprint density at radius 1 is 1.19 bits per heavy atom. The molecule has 1 aliphatic heterocycles. The van der Waals surface area contributed by atoms with E-state index in [1.165, 1.54) is 6.42 Å². The number of imidazole rings is 1. The van der Waals surface area contributed by atoms with Crippen molar-refractivity contribution in [1.29, 1.82) is 0 Å². The topological polar surface area (TPSA) is 46.8 Å². The van der Waals surface area contributed by atoms with E-state index in [-0.39, 0.29) is 5.91 Å². The number of nitrogens with zero attached hydrogens (tertiary/aromatic N) is 3. The fraction of sp³-hybridized carbons (Fsp3) is 0.333. The third-order valence-corrected chi connectivity index (χ3v) is 5.04. The van der Waals surface area contributed by atoms with Crippen LogP contribution in [0.15, 0.2) is 48.7 Å². The molecule has 1 saturated heterocycles. The number of fused-ring (bicyclic) bond motifs is 1. The van der Waals surface area contributed by atoms with Crippen LogP contribution in [0, 0.1) is 5.92 Å². The summed E-state index contributed by atoms with van der Waals surface area (Å²) in [5.74, 6) is 1.35. The Balaban J connectivity index is 1.82. The van der Waals surface area contributed by atoms with Crippen LogP contribution in [0.1, 0.15) is 30.3 Å². The maximum Gasteiger partial charge on any atom is 0.274 e. The molecule has 0 unspecified atom stereocenters. The number of methoxy groups -OCH3 is 1. The van der Waals surface area contributed by atoms with Crippen LogP contribution in [0.4, 0.5) is 0 Å². The lowest BCUT2D eigenvalue weighted by Crippen LogP contribution is -2.39. The molecule has 0 radical (unpaired) electrons. The maximum absolute atomic E-state index is 13.3. The van der Waals surface area contributed by atoms with Crippen LogP contribution >= 0.6 is 0 Å². The first-order valence-corrected chi connectivity index (χ1v) is 9.08. The van der Waals surface area contributed by atoms with Crippen LogP contribution in [0.2, 0.25) is 0 Å². The lowest BCUT2D eigenvalue weighted by molar-refractivity contribution is 0.0678. The third-order valence-electron chi connectivity index (χ3n) is 5.04. The Labute approximate surface area is 153 Å². The summed E-state index contributed by atoms with van der Waals surface area (Å²) in [5.41, 5.74) is 3.10. The van der Waals surface area contributed by atoms with Gasteiger partial charge in [-0.05, 0) is 55.2 Å². The van der Waals surface area contributed by atoms with Crippen molar-refractivity contribution in [2.24, 2.45) is 5.92 Å². The summed E-state index contributed by atoms with van der Waals surface area (Å²) in [6, 6.07) is 13.6. The molecule has 3 aromatic rings. The molecule has 0 spiro atoms. The van der Waals surface area contributed by atoms with Crippen LogP contribution in [0.25, 0.3) is 16.9 Å². The van der Waals surface area contributed by atoms with Crippen LogP contribution < -0.4 is 4.74 Å². The maximum atomic E-state index is 13.3. The summed E-state index contributed by atoms with van der Waals surface area (Å²) in [4.78, 5) is 19.9. The monoisotopic (exact) mass is 349 g/mol. The molecule has 4 rings (SSSR count). The molecule has 3 heterocycles. The van der Waals surface area contributed by atoms with Gasteiger partial charge in [-0.15, -0.1) is 0 Å². The van der Waals surface area contributed by atoms with E-state index in [4.69, 9.17) is 4.74 Å². The minimum Gasteiger partial charge on any atom is -0.497 e. The van der Waals surface area contributed by atoms with Crippen molar-refractivity contribution in [2.75, 3.05) is 20.2 Å². The molecule has 0 N–H and O–H groups in total. The molecule has 134 valence electrons. The number of carbonyl (C=O) groups excluding carboxylic acids is 1. The Morgan fingerprint density at radius 3 is 2.73 bits per heavy atom. The molecule has 1 amide bonds. The summed E-state index contributed by atoms with van der Waals surface area (Å²) in [7, 11) is 1.65. The highest BCUT2D eigenvalue weighted by Gasteiger charge is 2.27. The van der Waals surface area contributed by atoms with Gasteiger partial charge in [0.1, 0.15) is 11.4 Å². The molecule has 1 fully saturated rings. The van der Waals surface area contributed by atoms with Gasteiger partial charge in [0.15, 0.2) is 5.69 Å². The number of pyridine rings is 1. The second-order valence-electron chi connectivity index (χ2n) is 6.96. The Bertz CT molecular complexity index is 930. The van der Waals surface area contributed by atoms with E-state index >= 15 is 0 Å². The van der Waals surface area contributed by atoms with E-state index in [1.54, 1.807) is 7.11 Å². The molecule has 0 aliphatic carbocycles. The van der Waals surface area contributed by atoms with Gasteiger partial charge in [-0.2, -0.15) is 0 Å². The minimum atomic E-state index is 0.0195. The standard InChI is InChI=1S/C21H23N3O2/c1-15-6-5-12-23(14-15)21(25)19-20(16-8-10-17(26-2)11-9-16)24-13-4-3-7-18(24)22-19/h3-4,7-11,13,15H,5-6,12,14H2,1-2H3/t15-/m1/s1. The average Bonchev–Trinajstić information content (AvgIpc) is 3.07. The van der Waals surface area contributed by atoms with Gasteiger partial charge in [0.25, 0.3) is 5.91 Å². The Kier molecular flexibility index (Phi) is 4.37. The molecule has 0 bridgehead atoms. The largest absolute Gasteiger partial charge is 0.497 e. The summed E-state index contributed by atoms with van der Waals surface area (Å²) < 4.78 is 7.25. The number of aromatic nitrogens is 2. The Morgan fingerprint density at radius 2 is 2.00 bits per heavy atom. The van der Waals surface area contributed by atoms with Gasteiger partial charge in [0.05, 0.1) is 12.8 Å². The van der Waals surface area contributed by atoms with Crippen LogP contribution in [0.3, 0.4) is 0 Å². The molecule has 5 heteroatoms. The zero-order chi connectivity index (χ0) is 18.1. The molecule has 26 heavy (non-hydrogen) atoms. The van der Waals surface area contributed by atoms with E-state index in [1.807, 2.05) is 58.0 Å². The quantitative estimate of drug-likeness (QED) is 0.721. The summed E-state index contributed by atoms with van der Waals surface area (Å²) in [6.45, 7) is 3.81. The SMILES string of the molecule is COc1ccc(-c2c(C(=O)N3CCC[C@@H](C)C3)nc3ccccn23)cc1. The lowest BCUT2D eigenvalue weighted by atomic mass is 9.99.